The number of aromatic nitrogens is 1. The van der Waals surface area contributed by atoms with E-state index in [4.69, 9.17) is 4.74 Å². The first-order valence-electron chi connectivity index (χ1n) is 10.5. The quantitative estimate of drug-likeness (QED) is 0.556. The smallest absolute Gasteiger partial charge is 0.273 e. The van der Waals surface area contributed by atoms with Gasteiger partial charge in [0.25, 0.3) is 5.19 Å². The lowest BCUT2D eigenvalue weighted by Crippen LogP contribution is -2.34. The largest absolute Gasteiger partial charge is 0.473 e. The number of aryl methyl sites for hydroxylation is 1. The molecule has 0 saturated heterocycles. The standard InChI is InChI=1S/C24H32FN3OS/c1-6-20(16-17(2)19-7-8-21(25)18(3)15-19)27(4)13-14-28-11-9-22-23(10-12-28)30-24(26-22)29-5/h7-8,15-16H,2,6,9-14H2,1,3-5H3/b20-16-. The third-order valence-electron chi connectivity index (χ3n) is 5.73. The first-order valence-corrected chi connectivity index (χ1v) is 11.3. The van der Waals surface area contributed by atoms with Crippen molar-refractivity contribution >= 4 is 16.9 Å². The van der Waals surface area contributed by atoms with Crippen molar-refractivity contribution in [3.05, 3.63) is 64.1 Å². The Balaban J connectivity index is 1.56. The van der Waals surface area contributed by atoms with Gasteiger partial charge in [0.05, 0.1) is 12.8 Å². The van der Waals surface area contributed by atoms with Gasteiger partial charge in [0.1, 0.15) is 5.82 Å². The lowest BCUT2D eigenvalue weighted by molar-refractivity contribution is 0.251. The summed E-state index contributed by atoms with van der Waals surface area (Å²) >= 11 is 1.68. The third-order valence-corrected chi connectivity index (χ3v) is 6.85. The van der Waals surface area contributed by atoms with Gasteiger partial charge in [0.15, 0.2) is 0 Å². The Morgan fingerprint density at radius 2 is 2.13 bits per heavy atom. The van der Waals surface area contributed by atoms with Crippen LogP contribution in [0.5, 0.6) is 5.19 Å². The van der Waals surface area contributed by atoms with E-state index in [0.717, 1.165) is 61.8 Å². The first kappa shape index (κ1) is 22.5. The van der Waals surface area contributed by atoms with Crippen LogP contribution in [-0.4, -0.2) is 55.1 Å². The molecule has 1 aliphatic rings. The van der Waals surface area contributed by atoms with Gasteiger partial charge in [-0.05, 0) is 54.7 Å². The van der Waals surface area contributed by atoms with Crippen molar-refractivity contribution in [2.24, 2.45) is 0 Å². The van der Waals surface area contributed by atoms with Crippen molar-refractivity contribution in [1.82, 2.24) is 14.8 Å². The number of benzene rings is 1. The predicted octanol–water partition coefficient (Wildman–Crippen LogP) is 4.94. The SMILES string of the molecule is C=C(/C=C(/CC)N(C)CCN1CCc2nc(OC)sc2CC1)c1ccc(F)c(C)c1. The normalized spacial score (nSPS) is 14.9. The molecular weight excluding hydrogens is 397 g/mol. The van der Waals surface area contributed by atoms with E-state index in [2.05, 4.69) is 41.4 Å². The number of fused-ring (bicyclic) bond motifs is 1. The van der Waals surface area contributed by atoms with Crippen LogP contribution >= 0.6 is 11.3 Å². The lowest BCUT2D eigenvalue weighted by Gasteiger charge is -2.27. The fourth-order valence-electron chi connectivity index (χ4n) is 3.74. The molecule has 0 unspecified atom stereocenters. The summed E-state index contributed by atoms with van der Waals surface area (Å²) in [4.78, 5) is 10.8. The second-order valence-corrected chi connectivity index (χ2v) is 8.84. The molecule has 0 atom stereocenters. The summed E-state index contributed by atoms with van der Waals surface area (Å²) in [6, 6.07) is 5.18. The van der Waals surface area contributed by atoms with Gasteiger partial charge >= 0.3 is 0 Å². The van der Waals surface area contributed by atoms with Crippen LogP contribution in [0.25, 0.3) is 5.57 Å². The number of halogens is 1. The summed E-state index contributed by atoms with van der Waals surface area (Å²) in [5.41, 5.74) is 4.97. The van der Waals surface area contributed by atoms with E-state index < -0.39 is 0 Å². The summed E-state index contributed by atoms with van der Waals surface area (Å²) in [7, 11) is 3.82. The number of ether oxygens (including phenoxy) is 1. The fourth-order valence-corrected chi connectivity index (χ4v) is 4.65. The van der Waals surface area contributed by atoms with E-state index in [-0.39, 0.29) is 5.82 Å². The maximum Gasteiger partial charge on any atom is 0.273 e. The zero-order valence-corrected chi connectivity index (χ0v) is 19.3. The summed E-state index contributed by atoms with van der Waals surface area (Å²) < 4.78 is 18.8. The molecule has 162 valence electrons. The molecule has 0 N–H and O–H groups in total. The number of rotatable bonds is 8. The van der Waals surface area contributed by atoms with E-state index >= 15 is 0 Å². The van der Waals surface area contributed by atoms with Gasteiger partial charge in [0.2, 0.25) is 0 Å². The Bertz CT molecular complexity index is 896. The zero-order chi connectivity index (χ0) is 21.7. The van der Waals surface area contributed by atoms with Crippen molar-refractivity contribution < 1.29 is 9.13 Å². The van der Waals surface area contributed by atoms with E-state index in [9.17, 15) is 4.39 Å². The van der Waals surface area contributed by atoms with Crippen LogP contribution in [-0.2, 0) is 12.8 Å². The molecule has 0 radical (unpaired) electrons. The molecule has 0 bridgehead atoms. The minimum Gasteiger partial charge on any atom is -0.473 e. The Kier molecular flexibility index (Phi) is 7.67. The molecule has 1 aromatic heterocycles. The zero-order valence-electron chi connectivity index (χ0n) is 18.5. The van der Waals surface area contributed by atoms with Gasteiger partial charge < -0.3 is 14.5 Å². The number of hydrogen-bond donors (Lipinski definition) is 0. The van der Waals surface area contributed by atoms with Gasteiger partial charge in [-0.25, -0.2) is 9.37 Å². The summed E-state index contributed by atoms with van der Waals surface area (Å²) in [5, 5.41) is 0.780. The van der Waals surface area contributed by atoms with Crippen LogP contribution in [0.1, 0.15) is 35.0 Å². The average molecular weight is 430 g/mol. The molecule has 0 amide bonds. The number of allylic oxidation sites excluding steroid dienone is 3. The third kappa shape index (κ3) is 5.49. The second kappa shape index (κ2) is 10.2. The highest BCUT2D eigenvalue weighted by Crippen LogP contribution is 2.27. The van der Waals surface area contributed by atoms with E-state index in [1.807, 2.05) is 6.07 Å². The Labute approximate surface area is 183 Å². The highest BCUT2D eigenvalue weighted by molar-refractivity contribution is 7.13. The lowest BCUT2D eigenvalue weighted by atomic mass is 10.0. The molecule has 0 spiro atoms. The van der Waals surface area contributed by atoms with Crippen LogP contribution in [0.2, 0.25) is 0 Å². The van der Waals surface area contributed by atoms with Gasteiger partial charge in [0, 0.05) is 50.2 Å². The summed E-state index contributed by atoms with van der Waals surface area (Å²) in [6.07, 6.45) is 5.08. The molecule has 2 heterocycles. The average Bonchev–Trinajstić information content (AvgIpc) is 3.05. The molecule has 2 aromatic rings. The molecule has 1 aliphatic heterocycles. The molecule has 3 rings (SSSR count). The Morgan fingerprint density at radius 3 is 2.83 bits per heavy atom. The van der Waals surface area contributed by atoms with Crippen LogP contribution in [0, 0.1) is 12.7 Å². The van der Waals surface area contributed by atoms with Gasteiger partial charge in [-0.2, -0.15) is 0 Å². The summed E-state index contributed by atoms with van der Waals surface area (Å²) in [5.74, 6) is -0.177. The van der Waals surface area contributed by atoms with Crippen molar-refractivity contribution in [1.29, 1.82) is 0 Å². The van der Waals surface area contributed by atoms with E-state index in [1.54, 1.807) is 31.4 Å². The van der Waals surface area contributed by atoms with E-state index in [1.165, 1.54) is 22.3 Å². The molecule has 0 saturated carbocycles. The van der Waals surface area contributed by atoms with Crippen molar-refractivity contribution in [3.8, 4) is 5.19 Å². The van der Waals surface area contributed by atoms with Crippen molar-refractivity contribution in [2.45, 2.75) is 33.1 Å². The van der Waals surface area contributed by atoms with Crippen molar-refractivity contribution in [2.75, 3.05) is 40.3 Å². The monoisotopic (exact) mass is 429 g/mol. The van der Waals surface area contributed by atoms with Crippen LogP contribution in [0.3, 0.4) is 0 Å². The fraction of sp³-hybridized carbons (Fsp3) is 0.458. The number of methoxy groups -OCH3 is 1. The number of likely N-dealkylation sites (N-methyl/N-ethyl adjacent to an activating group) is 1. The van der Waals surface area contributed by atoms with E-state index in [0.29, 0.717) is 5.56 Å². The molecular formula is C24H32FN3OS. The minimum atomic E-state index is -0.177. The Hall–Kier alpha value is -2.18. The predicted molar refractivity (Wildman–Crippen MR) is 124 cm³/mol. The number of thiazole rings is 1. The summed E-state index contributed by atoms with van der Waals surface area (Å²) in [6.45, 7) is 12.2. The van der Waals surface area contributed by atoms with Gasteiger partial charge in [-0.3, -0.25) is 0 Å². The maximum atomic E-state index is 13.6. The first-order chi connectivity index (χ1) is 14.4. The molecule has 1 aromatic carbocycles. The van der Waals surface area contributed by atoms with Crippen LogP contribution < -0.4 is 4.74 Å². The molecule has 0 aliphatic carbocycles. The van der Waals surface area contributed by atoms with Gasteiger partial charge in [-0.15, -0.1) is 0 Å². The maximum absolute atomic E-state index is 13.6. The highest BCUT2D eigenvalue weighted by atomic mass is 32.1. The highest BCUT2D eigenvalue weighted by Gasteiger charge is 2.19. The van der Waals surface area contributed by atoms with Crippen LogP contribution in [0.4, 0.5) is 4.39 Å². The molecule has 6 heteroatoms. The van der Waals surface area contributed by atoms with Crippen molar-refractivity contribution in [3.63, 3.8) is 0 Å². The topological polar surface area (TPSA) is 28.6 Å². The molecule has 4 nitrogen and oxygen atoms in total. The molecule has 30 heavy (non-hydrogen) atoms. The van der Waals surface area contributed by atoms with Crippen LogP contribution in [0.15, 0.2) is 36.6 Å². The second-order valence-electron chi connectivity index (χ2n) is 7.80. The number of nitrogens with zero attached hydrogens (tertiary/aromatic N) is 3. The minimum absolute atomic E-state index is 0.177. The van der Waals surface area contributed by atoms with Gasteiger partial charge in [-0.1, -0.05) is 30.9 Å². The number of hydrogen-bond acceptors (Lipinski definition) is 5. The molecule has 0 fully saturated rings. The Morgan fingerprint density at radius 1 is 1.37 bits per heavy atom.